The summed E-state index contributed by atoms with van der Waals surface area (Å²) in [5.41, 5.74) is -0.314. The third-order valence-corrected chi connectivity index (χ3v) is 3.53. The van der Waals surface area contributed by atoms with E-state index in [4.69, 9.17) is 0 Å². The summed E-state index contributed by atoms with van der Waals surface area (Å²) in [5, 5.41) is 12.6. The van der Waals surface area contributed by atoms with Gasteiger partial charge in [-0.1, -0.05) is 13.8 Å². The number of likely N-dealkylation sites (N-methyl/N-ethyl adjacent to an activating group) is 2. The average Bonchev–Trinajstić information content (AvgIpc) is 3.07. The highest BCUT2D eigenvalue weighted by atomic mass is 15.1. The second-order valence-corrected chi connectivity index (χ2v) is 5.53. The van der Waals surface area contributed by atoms with Gasteiger partial charge < -0.3 is 10.2 Å². The minimum Gasteiger partial charge on any atom is -0.303 e. The number of hydrogen-bond donors (Lipinski definition) is 1. The molecule has 0 saturated heterocycles. The summed E-state index contributed by atoms with van der Waals surface area (Å²) < 4.78 is 0. The van der Waals surface area contributed by atoms with Gasteiger partial charge in [-0.05, 0) is 51.7 Å². The Bertz CT molecular complexity index is 252. The monoisotopic (exact) mass is 223 g/mol. The van der Waals surface area contributed by atoms with Crippen molar-refractivity contribution in [1.29, 1.82) is 5.26 Å². The molecule has 1 rings (SSSR count). The summed E-state index contributed by atoms with van der Waals surface area (Å²) in [6, 6.07) is 2.49. The standard InChI is InChI=1S/C13H25N3/c1-11(2)7-8-16(4)10-13(9-14,15-3)12-5-6-12/h11-12,15H,5-8,10H2,1-4H3. The van der Waals surface area contributed by atoms with Crippen LogP contribution in [0.25, 0.3) is 0 Å². The van der Waals surface area contributed by atoms with Crippen LogP contribution in [0, 0.1) is 23.2 Å². The molecule has 1 N–H and O–H groups in total. The maximum atomic E-state index is 9.37. The fourth-order valence-electron chi connectivity index (χ4n) is 2.15. The van der Waals surface area contributed by atoms with E-state index in [1.807, 2.05) is 7.05 Å². The molecule has 1 fully saturated rings. The Kier molecular flexibility index (Phi) is 4.76. The quantitative estimate of drug-likeness (QED) is 0.716. The molecule has 3 heteroatoms. The van der Waals surface area contributed by atoms with Crippen LogP contribution in [0.1, 0.15) is 33.1 Å². The zero-order valence-corrected chi connectivity index (χ0v) is 11.1. The molecule has 1 saturated carbocycles. The first-order valence-electron chi connectivity index (χ1n) is 6.32. The Labute approximate surface area is 99.8 Å². The van der Waals surface area contributed by atoms with Crippen molar-refractivity contribution in [3.63, 3.8) is 0 Å². The van der Waals surface area contributed by atoms with Crippen molar-refractivity contribution < 1.29 is 0 Å². The van der Waals surface area contributed by atoms with E-state index >= 15 is 0 Å². The SMILES string of the molecule is CNC(C#N)(CN(C)CCC(C)C)C1CC1. The second-order valence-electron chi connectivity index (χ2n) is 5.53. The summed E-state index contributed by atoms with van der Waals surface area (Å²) >= 11 is 0. The molecule has 0 amide bonds. The maximum absolute atomic E-state index is 9.37. The average molecular weight is 223 g/mol. The van der Waals surface area contributed by atoms with Crippen molar-refractivity contribution >= 4 is 0 Å². The zero-order valence-electron chi connectivity index (χ0n) is 11.1. The van der Waals surface area contributed by atoms with Crippen molar-refractivity contribution in [3.05, 3.63) is 0 Å². The Morgan fingerprint density at radius 2 is 2.12 bits per heavy atom. The third kappa shape index (κ3) is 3.47. The lowest BCUT2D eigenvalue weighted by Crippen LogP contribution is -2.52. The van der Waals surface area contributed by atoms with E-state index in [1.54, 1.807) is 0 Å². The first-order valence-corrected chi connectivity index (χ1v) is 6.32. The molecule has 0 aromatic rings. The maximum Gasteiger partial charge on any atom is 0.122 e. The Morgan fingerprint density at radius 3 is 2.50 bits per heavy atom. The topological polar surface area (TPSA) is 39.1 Å². The van der Waals surface area contributed by atoms with Gasteiger partial charge in [0.15, 0.2) is 0 Å². The van der Waals surface area contributed by atoms with Crippen molar-refractivity contribution in [2.45, 2.75) is 38.6 Å². The molecule has 0 spiro atoms. The molecular formula is C13H25N3. The number of nitriles is 1. The molecule has 1 aliphatic carbocycles. The van der Waals surface area contributed by atoms with Crippen LogP contribution in [0.15, 0.2) is 0 Å². The van der Waals surface area contributed by atoms with Gasteiger partial charge in [-0.3, -0.25) is 0 Å². The van der Waals surface area contributed by atoms with Crippen molar-refractivity contribution in [2.75, 3.05) is 27.2 Å². The van der Waals surface area contributed by atoms with Crippen LogP contribution in [0.3, 0.4) is 0 Å². The fraction of sp³-hybridized carbons (Fsp3) is 0.923. The molecule has 16 heavy (non-hydrogen) atoms. The van der Waals surface area contributed by atoms with Crippen molar-refractivity contribution in [2.24, 2.45) is 11.8 Å². The molecule has 0 aliphatic heterocycles. The highest BCUT2D eigenvalue weighted by Gasteiger charge is 2.45. The van der Waals surface area contributed by atoms with Gasteiger partial charge in [0.1, 0.15) is 5.54 Å². The van der Waals surface area contributed by atoms with Gasteiger partial charge in [0, 0.05) is 6.54 Å². The Morgan fingerprint density at radius 1 is 1.50 bits per heavy atom. The van der Waals surface area contributed by atoms with E-state index in [0.717, 1.165) is 19.0 Å². The second kappa shape index (κ2) is 5.65. The molecule has 1 unspecified atom stereocenters. The van der Waals surface area contributed by atoms with Crippen molar-refractivity contribution in [3.8, 4) is 6.07 Å². The van der Waals surface area contributed by atoms with Crippen LogP contribution < -0.4 is 5.32 Å². The molecular weight excluding hydrogens is 198 g/mol. The number of nitrogens with one attached hydrogen (secondary N) is 1. The normalized spacial score (nSPS) is 19.8. The molecule has 0 radical (unpaired) electrons. The van der Waals surface area contributed by atoms with E-state index in [0.29, 0.717) is 5.92 Å². The van der Waals surface area contributed by atoms with Gasteiger partial charge in [0.25, 0.3) is 0 Å². The minimum absolute atomic E-state index is 0.314. The molecule has 92 valence electrons. The molecule has 3 nitrogen and oxygen atoms in total. The molecule has 0 aromatic heterocycles. The molecule has 0 heterocycles. The Hall–Kier alpha value is -0.590. The minimum atomic E-state index is -0.314. The first kappa shape index (κ1) is 13.5. The van der Waals surface area contributed by atoms with Crippen LogP contribution in [-0.4, -0.2) is 37.6 Å². The number of nitrogens with zero attached hydrogens (tertiary/aromatic N) is 2. The highest BCUT2D eigenvalue weighted by Crippen LogP contribution is 2.39. The first-order chi connectivity index (χ1) is 7.54. The van der Waals surface area contributed by atoms with Crippen LogP contribution >= 0.6 is 0 Å². The van der Waals surface area contributed by atoms with E-state index in [-0.39, 0.29) is 5.54 Å². The summed E-state index contributed by atoms with van der Waals surface area (Å²) in [5.74, 6) is 1.29. The zero-order chi connectivity index (χ0) is 12.2. The number of hydrogen-bond acceptors (Lipinski definition) is 3. The lowest BCUT2D eigenvalue weighted by molar-refractivity contribution is 0.228. The summed E-state index contributed by atoms with van der Waals surface area (Å²) in [4.78, 5) is 2.29. The van der Waals surface area contributed by atoms with E-state index in [2.05, 4.69) is 37.2 Å². The van der Waals surface area contributed by atoms with Gasteiger partial charge in [0.2, 0.25) is 0 Å². The summed E-state index contributed by atoms with van der Waals surface area (Å²) in [6.45, 7) is 6.40. The van der Waals surface area contributed by atoms with E-state index < -0.39 is 0 Å². The third-order valence-electron chi connectivity index (χ3n) is 3.53. The summed E-state index contributed by atoms with van der Waals surface area (Å²) in [7, 11) is 4.03. The largest absolute Gasteiger partial charge is 0.303 e. The van der Waals surface area contributed by atoms with Crippen LogP contribution in [0.5, 0.6) is 0 Å². The van der Waals surface area contributed by atoms with E-state index in [1.165, 1.54) is 19.3 Å². The molecule has 1 aliphatic rings. The van der Waals surface area contributed by atoms with E-state index in [9.17, 15) is 5.26 Å². The van der Waals surface area contributed by atoms with Crippen LogP contribution in [0.2, 0.25) is 0 Å². The van der Waals surface area contributed by atoms with Gasteiger partial charge in [-0.2, -0.15) is 5.26 Å². The summed E-state index contributed by atoms with van der Waals surface area (Å²) in [6.07, 6.45) is 3.60. The lowest BCUT2D eigenvalue weighted by Gasteiger charge is -2.31. The molecule has 0 bridgehead atoms. The predicted molar refractivity (Wildman–Crippen MR) is 67.1 cm³/mol. The van der Waals surface area contributed by atoms with Crippen LogP contribution in [-0.2, 0) is 0 Å². The van der Waals surface area contributed by atoms with Gasteiger partial charge in [0.05, 0.1) is 6.07 Å². The Balaban J connectivity index is 2.45. The van der Waals surface area contributed by atoms with Gasteiger partial charge in [-0.15, -0.1) is 0 Å². The smallest absolute Gasteiger partial charge is 0.122 e. The fourth-order valence-corrected chi connectivity index (χ4v) is 2.15. The molecule has 1 atom stereocenters. The van der Waals surface area contributed by atoms with Crippen LogP contribution in [0.4, 0.5) is 0 Å². The predicted octanol–water partition coefficient (Wildman–Crippen LogP) is 1.86. The molecule has 0 aromatic carbocycles. The van der Waals surface area contributed by atoms with Gasteiger partial charge >= 0.3 is 0 Å². The van der Waals surface area contributed by atoms with Crippen molar-refractivity contribution in [1.82, 2.24) is 10.2 Å². The highest BCUT2D eigenvalue weighted by molar-refractivity contribution is 5.16. The number of rotatable bonds is 7. The van der Waals surface area contributed by atoms with Gasteiger partial charge in [-0.25, -0.2) is 0 Å². The lowest BCUT2D eigenvalue weighted by atomic mass is 9.94.